The van der Waals surface area contributed by atoms with E-state index in [9.17, 15) is 4.79 Å². The van der Waals surface area contributed by atoms with Crippen molar-refractivity contribution in [1.29, 1.82) is 0 Å². The number of nitrogens with two attached hydrogens (primary N) is 1. The quantitative estimate of drug-likeness (QED) is 0.701. The average Bonchev–Trinajstić information content (AvgIpc) is 2.05. The fourth-order valence-corrected chi connectivity index (χ4v) is 1.72. The van der Waals surface area contributed by atoms with Crippen LogP contribution < -0.4 is 5.73 Å². The summed E-state index contributed by atoms with van der Waals surface area (Å²) in [7, 11) is 0. The molecule has 0 radical (unpaired) electrons. The van der Waals surface area contributed by atoms with Crippen LogP contribution in [0, 0.1) is 0 Å². The molecule has 4 heteroatoms. The molecule has 0 bridgehead atoms. The van der Waals surface area contributed by atoms with Crippen molar-refractivity contribution in [3.05, 3.63) is 0 Å². The van der Waals surface area contributed by atoms with Crippen LogP contribution in [-0.4, -0.2) is 18.1 Å². The molecule has 0 saturated heterocycles. The summed E-state index contributed by atoms with van der Waals surface area (Å²) in [5.74, 6) is -0.278. The van der Waals surface area contributed by atoms with E-state index in [4.69, 9.17) is 10.5 Å². The minimum Gasteiger partial charge on any atom is -0.458 e. The third kappa shape index (κ3) is 3.96. The van der Waals surface area contributed by atoms with Gasteiger partial charge in [-0.15, -0.1) is 12.4 Å². The van der Waals surface area contributed by atoms with Crippen molar-refractivity contribution in [3.8, 4) is 0 Å². The first-order valence-electron chi connectivity index (χ1n) is 4.58. The number of ether oxygens (including phenoxy) is 1. The van der Waals surface area contributed by atoms with Gasteiger partial charge in [-0.2, -0.15) is 0 Å². The third-order valence-corrected chi connectivity index (χ3v) is 2.44. The van der Waals surface area contributed by atoms with Crippen LogP contribution in [0.4, 0.5) is 0 Å². The predicted molar refractivity (Wildman–Crippen MR) is 53.9 cm³/mol. The molecular weight excluding hydrogens is 190 g/mol. The third-order valence-electron chi connectivity index (χ3n) is 2.44. The molecule has 78 valence electrons. The van der Waals surface area contributed by atoms with Gasteiger partial charge in [-0.25, -0.2) is 0 Å². The van der Waals surface area contributed by atoms with Crippen molar-refractivity contribution in [3.63, 3.8) is 0 Å². The summed E-state index contributed by atoms with van der Waals surface area (Å²) in [4.78, 5) is 10.9. The van der Waals surface area contributed by atoms with Crippen LogP contribution >= 0.6 is 12.4 Å². The van der Waals surface area contributed by atoms with Crippen LogP contribution in [0.3, 0.4) is 0 Å². The van der Waals surface area contributed by atoms with Crippen LogP contribution in [0.1, 0.15) is 39.0 Å². The fourth-order valence-electron chi connectivity index (χ4n) is 1.72. The van der Waals surface area contributed by atoms with E-state index in [0.29, 0.717) is 0 Å². The summed E-state index contributed by atoms with van der Waals surface area (Å²) in [6.45, 7) is 2.00. The highest BCUT2D eigenvalue weighted by Crippen LogP contribution is 2.30. The molecule has 0 aromatic heterocycles. The minimum absolute atomic E-state index is 0. The van der Waals surface area contributed by atoms with Crippen LogP contribution in [0.2, 0.25) is 0 Å². The van der Waals surface area contributed by atoms with Crippen LogP contribution in [-0.2, 0) is 9.53 Å². The second-order valence-electron chi connectivity index (χ2n) is 3.69. The van der Waals surface area contributed by atoms with Crippen molar-refractivity contribution in [2.24, 2.45) is 5.73 Å². The Kier molecular flexibility index (Phi) is 5.33. The Morgan fingerprint density at radius 1 is 1.38 bits per heavy atom. The molecule has 0 aromatic carbocycles. The van der Waals surface area contributed by atoms with E-state index in [-0.39, 0.29) is 30.5 Å². The van der Waals surface area contributed by atoms with E-state index >= 15 is 0 Å². The molecule has 0 aromatic rings. The smallest absolute Gasteiger partial charge is 0.320 e. The first kappa shape index (κ1) is 12.7. The predicted octanol–water partition coefficient (Wildman–Crippen LogP) is 1.63. The van der Waals surface area contributed by atoms with Crippen molar-refractivity contribution >= 4 is 18.4 Å². The van der Waals surface area contributed by atoms with Gasteiger partial charge in [-0.3, -0.25) is 4.79 Å². The second kappa shape index (κ2) is 5.45. The Labute approximate surface area is 85.4 Å². The summed E-state index contributed by atoms with van der Waals surface area (Å²) in [6.07, 6.45) is 5.55. The van der Waals surface area contributed by atoms with E-state index in [1.165, 1.54) is 6.42 Å². The maximum atomic E-state index is 10.9. The SMILES string of the molecule is CC1(OC(=O)CN)CCCCC1.Cl. The second-order valence-corrected chi connectivity index (χ2v) is 3.69. The molecule has 1 aliphatic carbocycles. The average molecular weight is 208 g/mol. The molecule has 3 nitrogen and oxygen atoms in total. The summed E-state index contributed by atoms with van der Waals surface area (Å²) in [6, 6.07) is 0. The van der Waals surface area contributed by atoms with Gasteiger partial charge in [0.25, 0.3) is 0 Å². The van der Waals surface area contributed by atoms with Crippen molar-refractivity contribution in [2.45, 2.75) is 44.6 Å². The Morgan fingerprint density at radius 3 is 2.38 bits per heavy atom. The number of esters is 1. The van der Waals surface area contributed by atoms with Crippen LogP contribution in [0.15, 0.2) is 0 Å². The first-order valence-corrected chi connectivity index (χ1v) is 4.58. The van der Waals surface area contributed by atoms with Gasteiger partial charge in [0, 0.05) is 0 Å². The zero-order valence-electron chi connectivity index (χ0n) is 8.04. The molecule has 1 fully saturated rings. The Hall–Kier alpha value is -0.280. The highest BCUT2D eigenvalue weighted by atomic mass is 35.5. The van der Waals surface area contributed by atoms with Gasteiger partial charge >= 0.3 is 5.97 Å². The number of hydrogen-bond donors (Lipinski definition) is 1. The van der Waals surface area contributed by atoms with E-state index in [2.05, 4.69) is 0 Å². The molecule has 1 rings (SSSR count). The lowest BCUT2D eigenvalue weighted by Crippen LogP contribution is -2.36. The topological polar surface area (TPSA) is 52.3 Å². The molecule has 0 spiro atoms. The molecule has 0 amide bonds. The number of carbonyl (C=O) groups excluding carboxylic acids is 1. The van der Waals surface area contributed by atoms with Gasteiger partial charge in [0.2, 0.25) is 0 Å². The number of halogens is 1. The van der Waals surface area contributed by atoms with Crippen molar-refractivity contribution in [1.82, 2.24) is 0 Å². The Bertz CT molecular complexity index is 167. The summed E-state index contributed by atoms with van der Waals surface area (Å²) < 4.78 is 5.26. The Morgan fingerprint density at radius 2 is 1.92 bits per heavy atom. The van der Waals surface area contributed by atoms with Crippen LogP contribution in [0.5, 0.6) is 0 Å². The summed E-state index contributed by atoms with van der Waals surface area (Å²) in [5, 5.41) is 0. The highest BCUT2D eigenvalue weighted by Gasteiger charge is 2.29. The Balaban J connectivity index is 0.00000144. The molecule has 2 N–H and O–H groups in total. The normalized spacial score (nSPS) is 20.2. The number of carbonyl (C=O) groups is 1. The van der Waals surface area contributed by atoms with E-state index in [1.807, 2.05) is 6.92 Å². The zero-order valence-corrected chi connectivity index (χ0v) is 8.86. The monoisotopic (exact) mass is 207 g/mol. The van der Waals surface area contributed by atoms with Crippen LogP contribution in [0.25, 0.3) is 0 Å². The van der Waals surface area contributed by atoms with Crippen molar-refractivity contribution < 1.29 is 9.53 Å². The molecule has 13 heavy (non-hydrogen) atoms. The first-order chi connectivity index (χ1) is 5.66. The number of hydrogen-bond acceptors (Lipinski definition) is 3. The number of rotatable bonds is 2. The highest BCUT2D eigenvalue weighted by molar-refractivity contribution is 5.85. The minimum atomic E-state index is -0.278. The van der Waals surface area contributed by atoms with Gasteiger partial charge in [0.1, 0.15) is 5.60 Å². The molecule has 0 heterocycles. The van der Waals surface area contributed by atoms with Gasteiger partial charge in [-0.1, -0.05) is 6.42 Å². The lowest BCUT2D eigenvalue weighted by atomic mass is 9.86. The summed E-state index contributed by atoms with van der Waals surface area (Å²) in [5.41, 5.74) is 4.95. The van der Waals surface area contributed by atoms with Gasteiger partial charge in [-0.05, 0) is 32.6 Å². The lowest BCUT2D eigenvalue weighted by molar-refractivity contribution is -0.159. The molecule has 0 unspecified atom stereocenters. The lowest BCUT2D eigenvalue weighted by Gasteiger charge is -2.32. The largest absolute Gasteiger partial charge is 0.458 e. The van der Waals surface area contributed by atoms with Gasteiger partial charge < -0.3 is 10.5 Å². The van der Waals surface area contributed by atoms with Gasteiger partial charge in [0.05, 0.1) is 6.54 Å². The maximum absolute atomic E-state index is 10.9. The standard InChI is InChI=1S/C9H17NO2.ClH/c1-9(12-8(11)7-10)5-3-2-4-6-9;/h2-7,10H2,1H3;1H. The molecule has 0 atom stereocenters. The van der Waals surface area contributed by atoms with E-state index < -0.39 is 0 Å². The molecule has 0 aliphatic heterocycles. The van der Waals surface area contributed by atoms with Gasteiger partial charge in [0.15, 0.2) is 0 Å². The zero-order chi connectivity index (χ0) is 9.03. The molecule has 1 saturated carbocycles. The van der Waals surface area contributed by atoms with E-state index in [0.717, 1.165) is 25.7 Å². The molecular formula is C9H18ClNO2. The van der Waals surface area contributed by atoms with E-state index in [1.54, 1.807) is 0 Å². The maximum Gasteiger partial charge on any atom is 0.320 e. The van der Waals surface area contributed by atoms with Crippen molar-refractivity contribution in [2.75, 3.05) is 6.54 Å². The summed E-state index contributed by atoms with van der Waals surface area (Å²) >= 11 is 0. The molecule has 1 aliphatic rings. The fraction of sp³-hybridized carbons (Fsp3) is 0.889.